The third kappa shape index (κ3) is 10.8. The van der Waals surface area contributed by atoms with Crippen LogP contribution in [0, 0.1) is 17.8 Å². The minimum absolute atomic E-state index is 0.543. The Bertz CT molecular complexity index is 896. The lowest BCUT2D eigenvalue weighted by atomic mass is 9.80. The lowest BCUT2D eigenvalue weighted by molar-refractivity contribution is 0.169. The van der Waals surface area contributed by atoms with Crippen molar-refractivity contribution in [3.05, 3.63) is 64.7 Å². The van der Waals surface area contributed by atoms with Crippen LogP contribution in [-0.2, 0) is 6.42 Å². The lowest BCUT2D eigenvalue weighted by Gasteiger charge is -2.27. The van der Waals surface area contributed by atoms with Crippen molar-refractivity contribution in [3.63, 3.8) is 0 Å². The maximum Gasteiger partial charge on any atom is 0.119 e. The average molecular weight is 508 g/mol. The van der Waals surface area contributed by atoms with Crippen molar-refractivity contribution in [2.24, 2.45) is 17.8 Å². The molecule has 0 bridgehead atoms. The lowest BCUT2D eigenvalue weighted by Crippen LogP contribution is -2.25. The van der Waals surface area contributed by atoms with Crippen LogP contribution < -0.4 is 10.1 Å². The van der Waals surface area contributed by atoms with E-state index < -0.39 is 0 Å². The van der Waals surface area contributed by atoms with Crippen LogP contribution in [0.15, 0.2) is 42.5 Å². The van der Waals surface area contributed by atoms with Gasteiger partial charge in [-0.05, 0) is 102 Å². The van der Waals surface area contributed by atoms with E-state index in [2.05, 4.69) is 117 Å². The van der Waals surface area contributed by atoms with Crippen LogP contribution in [-0.4, -0.2) is 19.2 Å². The molecule has 0 aliphatic rings. The predicted octanol–water partition coefficient (Wildman–Crippen LogP) is 9.73. The van der Waals surface area contributed by atoms with Crippen molar-refractivity contribution < 1.29 is 4.74 Å². The van der Waals surface area contributed by atoms with E-state index in [0.717, 1.165) is 25.3 Å². The second kappa shape index (κ2) is 15.6. The second-order valence-corrected chi connectivity index (χ2v) is 12.9. The number of nitrogens with one attached hydrogen (secondary N) is 1. The van der Waals surface area contributed by atoms with Crippen molar-refractivity contribution in [1.29, 1.82) is 0 Å². The van der Waals surface area contributed by atoms with Gasteiger partial charge in [-0.1, -0.05) is 99.6 Å². The Morgan fingerprint density at radius 3 is 1.97 bits per heavy atom. The monoisotopic (exact) mass is 507 g/mol. The fourth-order valence-electron chi connectivity index (χ4n) is 5.36. The minimum atomic E-state index is 0.543. The molecule has 37 heavy (non-hydrogen) atoms. The summed E-state index contributed by atoms with van der Waals surface area (Å²) in [5, 5.41) is 3.55. The Labute approximate surface area is 230 Å². The van der Waals surface area contributed by atoms with Gasteiger partial charge in [0.05, 0.1) is 6.61 Å². The molecule has 0 spiro atoms. The first-order valence-corrected chi connectivity index (χ1v) is 15.1. The Morgan fingerprint density at radius 2 is 1.41 bits per heavy atom. The maximum absolute atomic E-state index is 6.32. The minimum Gasteiger partial charge on any atom is -0.493 e. The SMILES string of the molecule is CC(C)CC(COc1ccc(C(C)C)cc1)C(C)CCC(C)c1ccc(CCNC(C)C)cc1C(C)C. The third-order valence-corrected chi connectivity index (χ3v) is 7.92. The zero-order valence-corrected chi connectivity index (χ0v) is 25.7. The largest absolute Gasteiger partial charge is 0.493 e. The van der Waals surface area contributed by atoms with Crippen LogP contribution >= 0.6 is 0 Å². The molecule has 2 aromatic carbocycles. The summed E-state index contributed by atoms with van der Waals surface area (Å²) in [5.74, 6) is 4.59. The molecular formula is C35H57NO. The summed E-state index contributed by atoms with van der Waals surface area (Å²) in [6.07, 6.45) is 4.79. The summed E-state index contributed by atoms with van der Waals surface area (Å²) in [6, 6.07) is 16.5. The van der Waals surface area contributed by atoms with Gasteiger partial charge in [0.2, 0.25) is 0 Å². The van der Waals surface area contributed by atoms with Crippen LogP contribution in [0.1, 0.15) is 129 Å². The molecule has 0 fully saturated rings. The standard InChI is InChI=1S/C35H57NO/c1-24(2)21-32(23-37-33-16-14-31(15-17-33)25(3)4)28(9)11-12-29(10)34-18-13-30(19-20-36-27(7)8)22-35(34)26(5)6/h13-18,22,24-29,32,36H,11-12,19-21,23H2,1-10H3. The number of hydrogen-bond donors (Lipinski definition) is 1. The highest BCUT2D eigenvalue weighted by Crippen LogP contribution is 2.33. The van der Waals surface area contributed by atoms with Gasteiger partial charge in [0.25, 0.3) is 0 Å². The molecule has 2 aromatic rings. The highest BCUT2D eigenvalue weighted by atomic mass is 16.5. The summed E-state index contributed by atoms with van der Waals surface area (Å²) < 4.78 is 6.32. The molecule has 1 N–H and O–H groups in total. The molecule has 0 aliphatic carbocycles. The van der Waals surface area contributed by atoms with E-state index in [0.29, 0.717) is 41.5 Å². The van der Waals surface area contributed by atoms with Crippen molar-refractivity contribution >= 4 is 0 Å². The maximum atomic E-state index is 6.32. The van der Waals surface area contributed by atoms with Crippen LogP contribution in [0.4, 0.5) is 0 Å². The number of rotatable bonds is 16. The zero-order chi connectivity index (χ0) is 27.5. The van der Waals surface area contributed by atoms with Gasteiger partial charge in [-0.2, -0.15) is 0 Å². The molecule has 2 rings (SSSR count). The van der Waals surface area contributed by atoms with Gasteiger partial charge in [0, 0.05) is 6.04 Å². The van der Waals surface area contributed by atoms with Gasteiger partial charge in [-0.15, -0.1) is 0 Å². The molecule has 0 amide bonds. The zero-order valence-electron chi connectivity index (χ0n) is 25.7. The molecule has 208 valence electrons. The number of benzene rings is 2. The Kier molecular flexibility index (Phi) is 13.2. The molecule has 2 heteroatoms. The van der Waals surface area contributed by atoms with Crippen LogP contribution in [0.3, 0.4) is 0 Å². The fourth-order valence-corrected chi connectivity index (χ4v) is 5.36. The summed E-state index contributed by atoms with van der Waals surface area (Å²) in [4.78, 5) is 0. The molecule has 0 aliphatic heterocycles. The Balaban J connectivity index is 2.00. The summed E-state index contributed by atoms with van der Waals surface area (Å²) >= 11 is 0. The summed E-state index contributed by atoms with van der Waals surface area (Å²) in [5.41, 5.74) is 5.91. The highest BCUT2D eigenvalue weighted by Gasteiger charge is 2.22. The van der Waals surface area contributed by atoms with E-state index >= 15 is 0 Å². The topological polar surface area (TPSA) is 21.3 Å². The first-order chi connectivity index (χ1) is 17.5. The van der Waals surface area contributed by atoms with E-state index in [4.69, 9.17) is 4.74 Å². The van der Waals surface area contributed by atoms with Gasteiger partial charge in [0.15, 0.2) is 0 Å². The normalized spacial score (nSPS) is 14.5. The van der Waals surface area contributed by atoms with Gasteiger partial charge in [0.1, 0.15) is 5.75 Å². The number of hydrogen-bond acceptors (Lipinski definition) is 2. The summed E-state index contributed by atoms with van der Waals surface area (Å²) in [6.45, 7) is 25.0. The fraction of sp³-hybridized carbons (Fsp3) is 0.657. The molecule has 2 nitrogen and oxygen atoms in total. The summed E-state index contributed by atoms with van der Waals surface area (Å²) in [7, 11) is 0. The first-order valence-electron chi connectivity index (χ1n) is 15.1. The number of ether oxygens (including phenoxy) is 1. The average Bonchev–Trinajstić information content (AvgIpc) is 2.84. The van der Waals surface area contributed by atoms with Crippen molar-refractivity contribution in [2.75, 3.05) is 13.2 Å². The third-order valence-electron chi connectivity index (χ3n) is 7.92. The van der Waals surface area contributed by atoms with Gasteiger partial charge >= 0.3 is 0 Å². The molecule has 0 saturated carbocycles. The molecular weight excluding hydrogens is 450 g/mol. The molecule has 3 atom stereocenters. The van der Waals surface area contributed by atoms with E-state index in [1.165, 1.54) is 36.0 Å². The molecule has 3 unspecified atom stereocenters. The Hall–Kier alpha value is -1.80. The second-order valence-electron chi connectivity index (χ2n) is 12.9. The van der Waals surface area contributed by atoms with Crippen molar-refractivity contribution in [3.8, 4) is 5.75 Å². The predicted molar refractivity (Wildman–Crippen MR) is 163 cm³/mol. The van der Waals surface area contributed by atoms with Crippen molar-refractivity contribution in [2.45, 2.75) is 119 Å². The molecule has 0 aromatic heterocycles. The van der Waals surface area contributed by atoms with Crippen LogP contribution in [0.2, 0.25) is 0 Å². The smallest absolute Gasteiger partial charge is 0.119 e. The van der Waals surface area contributed by atoms with E-state index in [9.17, 15) is 0 Å². The van der Waals surface area contributed by atoms with Crippen LogP contribution in [0.5, 0.6) is 5.75 Å². The highest BCUT2D eigenvalue weighted by molar-refractivity contribution is 5.36. The first kappa shape index (κ1) is 31.4. The Morgan fingerprint density at radius 1 is 0.730 bits per heavy atom. The van der Waals surface area contributed by atoms with Gasteiger partial charge < -0.3 is 10.1 Å². The van der Waals surface area contributed by atoms with E-state index in [1.807, 2.05) is 0 Å². The van der Waals surface area contributed by atoms with Gasteiger partial charge in [-0.3, -0.25) is 0 Å². The molecule has 0 radical (unpaired) electrons. The van der Waals surface area contributed by atoms with Gasteiger partial charge in [-0.25, -0.2) is 0 Å². The van der Waals surface area contributed by atoms with Crippen LogP contribution in [0.25, 0.3) is 0 Å². The molecule has 0 heterocycles. The molecule has 0 saturated heterocycles. The quantitative estimate of drug-likeness (QED) is 0.244. The van der Waals surface area contributed by atoms with E-state index in [1.54, 1.807) is 5.56 Å². The van der Waals surface area contributed by atoms with E-state index in [-0.39, 0.29) is 0 Å². The van der Waals surface area contributed by atoms with Crippen molar-refractivity contribution in [1.82, 2.24) is 5.32 Å².